The molecule has 0 aromatic heterocycles. The number of carbonyl (C=O) groups excluding carboxylic acids is 1. The van der Waals surface area contributed by atoms with Gasteiger partial charge in [0.15, 0.2) is 0 Å². The molecule has 0 aliphatic carbocycles. The Kier molecular flexibility index (Phi) is 6.67. The number of anilines is 1. The zero-order chi connectivity index (χ0) is 15.1. The van der Waals surface area contributed by atoms with Crippen LogP contribution in [0.15, 0.2) is 28.7 Å². The molecule has 0 fully saturated rings. The Morgan fingerprint density at radius 3 is 2.65 bits per heavy atom. The van der Waals surface area contributed by atoms with Gasteiger partial charge in [-0.15, -0.1) is 0 Å². The van der Waals surface area contributed by atoms with E-state index < -0.39 is 5.97 Å². The average Bonchev–Trinajstić information content (AvgIpc) is 2.33. The number of carboxylic acids is 1. The van der Waals surface area contributed by atoms with E-state index in [0.717, 1.165) is 4.47 Å². The van der Waals surface area contributed by atoms with Gasteiger partial charge in [-0.1, -0.05) is 22.0 Å². The lowest BCUT2D eigenvalue weighted by molar-refractivity contribution is -0.137. The van der Waals surface area contributed by atoms with Crippen LogP contribution in [0, 0.1) is 0 Å². The summed E-state index contributed by atoms with van der Waals surface area (Å²) in [7, 11) is 0. The quantitative estimate of drug-likeness (QED) is 0.798. The molecule has 0 spiro atoms. The Bertz CT molecular complexity index is 477. The smallest absolute Gasteiger partial charge is 0.304 e. The van der Waals surface area contributed by atoms with E-state index in [2.05, 4.69) is 21.2 Å². The summed E-state index contributed by atoms with van der Waals surface area (Å²) >= 11 is 3.34. The molecule has 1 aromatic carbocycles. The molecule has 110 valence electrons. The van der Waals surface area contributed by atoms with E-state index in [1.54, 1.807) is 6.07 Å². The maximum atomic E-state index is 12.0. The SMILES string of the molecule is CC(C)N(CCC(=O)O)CC(=O)Nc1cccc(Br)c1. The molecule has 1 rings (SSSR count). The van der Waals surface area contributed by atoms with E-state index in [0.29, 0.717) is 12.2 Å². The van der Waals surface area contributed by atoms with E-state index in [1.165, 1.54) is 0 Å². The Balaban J connectivity index is 2.55. The van der Waals surface area contributed by atoms with Gasteiger partial charge < -0.3 is 10.4 Å². The fraction of sp³-hybridized carbons (Fsp3) is 0.429. The highest BCUT2D eigenvalue weighted by Crippen LogP contribution is 2.15. The normalized spacial score (nSPS) is 10.8. The van der Waals surface area contributed by atoms with Crippen molar-refractivity contribution in [1.29, 1.82) is 0 Å². The predicted molar refractivity (Wildman–Crippen MR) is 81.7 cm³/mol. The molecule has 0 heterocycles. The van der Waals surface area contributed by atoms with Crippen molar-refractivity contribution >= 4 is 33.5 Å². The van der Waals surface area contributed by atoms with Crippen LogP contribution in [0.2, 0.25) is 0 Å². The van der Waals surface area contributed by atoms with Crippen molar-refractivity contribution in [3.63, 3.8) is 0 Å². The van der Waals surface area contributed by atoms with Crippen molar-refractivity contribution in [2.24, 2.45) is 0 Å². The van der Waals surface area contributed by atoms with Gasteiger partial charge in [-0.2, -0.15) is 0 Å². The van der Waals surface area contributed by atoms with Crippen LogP contribution in [0.4, 0.5) is 5.69 Å². The van der Waals surface area contributed by atoms with Crippen molar-refractivity contribution in [2.75, 3.05) is 18.4 Å². The third-order valence-corrected chi connectivity index (χ3v) is 3.29. The monoisotopic (exact) mass is 342 g/mol. The van der Waals surface area contributed by atoms with E-state index in [1.807, 2.05) is 36.9 Å². The molecule has 20 heavy (non-hydrogen) atoms. The van der Waals surface area contributed by atoms with Gasteiger partial charge >= 0.3 is 5.97 Å². The molecular formula is C14H19BrN2O3. The summed E-state index contributed by atoms with van der Waals surface area (Å²) in [6, 6.07) is 7.45. The van der Waals surface area contributed by atoms with Crippen molar-refractivity contribution in [2.45, 2.75) is 26.3 Å². The maximum Gasteiger partial charge on any atom is 0.304 e. The number of nitrogens with zero attached hydrogens (tertiary/aromatic N) is 1. The molecular weight excluding hydrogens is 324 g/mol. The number of amides is 1. The number of nitrogens with one attached hydrogen (secondary N) is 1. The van der Waals surface area contributed by atoms with Crippen molar-refractivity contribution in [3.05, 3.63) is 28.7 Å². The van der Waals surface area contributed by atoms with Gasteiger partial charge in [0.05, 0.1) is 13.0 Å². The molecule has 0 atom stereocenters. The molecule has 0 bridgehead atoms. The van der Waals surface area contributed by atoms with E-state index in [9.17, 15) is 9.59 Å². The Hall–Kier alpha value is -1.40. The number of carbonyl (C=O) groups is 2. The fourth-order valence-corrected chi connectivity index (χ4v) is 2.11. The largest absolute Gasteiger partial charge is 0.481 e. The highest BCUT2D eigenvalue weighted by atomic mass is 79.9. The second kappa shape index (κ2) is 8.01. The van der Waals surface area contributed by atoms with Crippen molar-refractivity contribution in [1.82, 2.24) is 4.90 Å². The predicted octanol–water partition coefficient (Wildman–Crippen LogP) is 2.57. The Labute approximate surface area is 127 Å². The zero-order valence-corrected chi connectivity index (χ0v) is 13.2. The highest BCUT2D eigenvalue weighted by Gasteiger charge is 2.15. The molecule has 0 unspecified atom stereocenters. The van der Waals surface area contributed by atoms with Gasteiger partial charge in [0.25, 0.3) is 0 Å². The average molecular weight is 343 g/mol. The van der Waals surface area contributed by atoms with E-state index in [4.69, 9.17) is 5.11 Å². The second-order valence-electron chi connectivity index (χ2n) is 4.77. The fourth-order valence-electron chi connectivity index (χ4n) is 1.71. The van der Waals surface area contributed by atoms with Gasteiger partial charge in [-0.25, -0.2) is 0 Å². The number of rotatable bonds is 7. The van der Waals surface area contributed by atoms with Crippen molar-refractivity contribution < 1.29 is 14.7 Å². The Morgan fingerprint density at radius 2 is 2.10 bits per heavy atom. The molecule has 0 saturated heterocycles. The van der Waals surface area contributed by atoms with Crippen LogP contribution in [-0.4, -0.2) is 41.0 Å². The van der Waals surface area contributed by atoms with Crippen molar-refractivity contribution in [3.8, 4) is 0 Å². The minimum atomic E-state index is -0.858. The lowest BCUT2D eigenvalue weighted by Crippen LogP contribution is -2.39. The van der Waals surface area contributed by atoms with Crippen LogP contribution in [0.25, 0.3) is 0 Å². The summed E-state index contributed by atoms with van der Waals surface area (Å²) in [5.41, 5.74) is 0.714. The molecule has 6 heteroatoms. The Morgan fingerprint density at radius 1 is 1.40 bits per heavy atom. The van der Waals surface area contributed by atoms with Gasteiger partial charge in [0.1, 0.15) is 0 Å². The highest BCUT2D eigenvalue weighted by molar-refractivity contribution is 9.10. The van der Waals surface area contributed by atoms with E-state index in [-0.39, 0.29) is 24.9 Å². The second-order valence-corrected chi connectivity index (χ2v) is 5.68. The number of hydrogen-bond acceptors (Lipinski definition) is 3. The van der Waals surface area contributed by atoms with Crippen LogP contribution < -0.4 is 5.32 Å². The van der Waals surface area contributed by atoms with Gasteiger partial charge in [0.2, 0.25) is 5.91 Å². The number of carboxylic acid groups (broad SMARTS) is 1. The standard InChI is InChI=1S/C14H19BrN2O3/c1-10(2)17(7-6-14(19)20)9-13(18)16-12-5-3-4-11(15)8-12/h3-5,8,10H,6-7,9H2,1-2H3,(H,16,18)(H,19,20). The molecule has 0 radical (unpaired) electrons. The zero-order valence-electron chi connectivity index (χ0n) is 11.6. The number of aliphatic carboxylic acids is 1. The molecule has 1 amide bonds. The molecule has 1 aromatic rings. The first-order chi connectivity index (χ1) is 9.38. The summed E-state index contributed by atoms with van der Waals surface area (Å²) < 4.78 is 0.891. The summed E-state index contributed by atoms with van der Waals surface area (Å²) in [5, 5.41) is 11.5. The molecule has 0 saturated carbocycles. The van der Waals surface area contributed by atoms with E-state index >= 15 is 0 Å². The van der Waals surface area contributed by atoms with Crippen LogP contribution in [0.1, 0.15) is 20.3 Å². The third-order valence-electron chi connectivity index (χ3n) is 2.80. The molecule has 0 aliphatic heterocycles. The van der Waals surface area contributed by atoms with Crippen LogP contribution in [-0.2, 0) is 9.59 Å². The van der Waals surface area contributed by atoms with Crippen LogP contribution in [0.3, 0.4) is 0 Å². The lowest BCUT2D eigenvalue weighted by Gasteiger charge is -2.25. The minimum absolute atomic E-state index is 0.0301. The topological polar surface area (TPSA) is 69.6 Å². The molecule has 5 nitrogen and oxygen atoms in total. The van der Waals surface area contributed by atoms with Gasteiger partial charge in [-0.3, -0.25) is 14.5 Å². The lowest BCUT2D eigenvalue weighted by atomic mass is 10.2. The first-order valence-corrected chi connectivity index (χ1v) is 7.19. The number of benzene rings is 1. The number of hydrogen-bond donors (Lipinski definition) is 2. The summed E-state index contributed by atoms with van der Waals surface area (Å²) in [6.45, 7) is 4.42. The summed E-state index contributed by atoms with van der Waals surface area (Å²) in [4.78, 5) is 24.4. The van der Waals surface area contributed by atoms with Gasteiger partial charge in [-0.05, 0) is 32.0 Å². The molecule has 2 N–H and O–H groups in total. The molecule has 0 aliphatic rings. The maximum absolute atomic E-state index is 12.0. The van der Waals surface area contributed by atoms with Crippen LogP contribution >= 0.6 is 15.9 Å². The summed E-state index contributed by atoms with van der Waals surface area (Å²) in [6.07, 6.45) is 0.0301. The third kappa shape index (κ3) is 6.16. The van der Waals surface area contributed by atoms with Gasteiger partial charge in [0, 0.05) is 22.7 Å². The minimum Gasteiger partial charge on any atom is -0.481 e. The first kappa shape index (κ1) is 16.7. The van der Waals surface area contributed by atoms with Crippen LogP contribution in [0.5, 0.6) is 0 Å². The summed E-state index contributed by atoms with van der Waals surface area (Å²) in [5.74, 6) is -1.01. The number of halogens is 1. The first-order valence-electron chi connectivity index (χ1n) is 6.39.